The van der Waals surface area contributed by atoms with E-state index in [1.807, 2.05) is 68.4 Å². The second kappa shape index (κ2) is 13.6. The highest BCUT2D eigenvalue weighted by Gasteiger charge is 2.74. The van der Waals surface area contributed by atoms with E-state index in [1.54, 1.807) is 38.6 Å². The van der Waals surface area contributed by atoms with Gasteiger partial charge in [0.25, 0.3) is 0 Å². The first-order chi connectivity index (χ1) is 21.3. The summed E-state index contributed by atoms with van der Waals surface area (Å²) in [6, 6.07) is 15.8. The van der Waals surface area contributed by atoms with E-state index in [4.69, 9.17) is 4.74 Å². The molecular formula is C35H43N3O5S. The van der Waals surface area contributed by atoms with Gasteiger partial charge in [-0.25, -0.2) is 0 Å². The summed E-state index contributed by atoms with van der Waals surface area (Å²) >= 11 is 1.64. The van der Waals surface area contributed by atoms with Crippen LogP contribution in [0.3, 0.4) is 0 Å². The monoisotopic (exact) mass is 617 g/mol. The fourth-order valence-electron chi connectivity index (χ4n) is 7.34. The SMILES string of the molecule is C=CCN(Cc1ccccc1)C(=O)C1N([C@@H](CC)CO)C(=O)[C@@H]2[C@H](C(=O)N(CC=C)c3ccc(OCC)cc3)[C@@H]3CCC12S3. The van der Waals surface area contributed by atoms with Crippen LogP contribution in [0.1, 0.15) is 38.7 Å². The molecule has 3 aliphatic rings. The van der Waals surface area contributed by atoms with Crippen LogP contribution in [0.4, 0.5) is 5.69 Å². The first kappa shape index (κ1) is 31.9. The third kappa shape index (κ3) is 5.56. The number of thioether (sulfide) groups is 1. The van der Waals surface area contributed by atoms with Gasteiger partial charge in [-0.1, -0.05) is 49.4 Å². The van der Waals surface area contributed by atoms with Crippen molar-refractivity contribution in [3.8, 4) is 5.75 Å². The number of carbonyl (C=O) groups is 3. The molecule has 2 aromatic rings. The third-order valence-electron chi connectivity index (χ3n) is 9.25. The number of aliphatic hydroxyl groups excluding tert-OH is 1. The Labute approximate surface area is 264 Å². The van der Waals surface area contributed by atoms with Gasteiger partial charge < -0.3 is 24.5 Å². The summed E-state index contributed by atoms with van der Waals surface area (Å²) in [6.07, 6.45) is 5.29. The molecule has 2 unspecified atom stereocenters. The summed E-state index contributed by atoms with van der Waals surface area (Å²) in [6.45, 7) is 12.9. The van der Waals surface area contributed by atoms with Crippen molar-refractivity contribution in [3.63, 3.8) is 0 Å². The van der Waals surface area contributed by atoms with Gasteiger partial charge in [0.1, 0.15) is 11.8 Å². The van der Waals surface area contributed by atoms with Crippen LogP contribution in [0.25, 0.3) is 0 Å². The number of carbonyl (C=O) groups excluding carboxylic acids is 3. The number of likely N-dealkylation sites (tertiary alicyclic amines) is 1. The quantitative estimate of drug-likeness (QED) is 0.310. The highest BCUT2D eigenvalue weighted by atomic mass is 32.2. The standard InChI is InChI=1S/C35H43N3O5S/c1-5-20-36(22-24-12-10-9-11-13-24)34(42)31-35-19-18-28(44-35)29(30(35)33(41)38(31)25(7-3)23-39)32(40)37(21-6-2)26-14-16-27(17-15-26)43-8-4/h5-6,9-17,25,28-31,39H,1-2,7-8,18-23H2,3-4H3/t25-,28-,29+,30-,31?,35?/m0/s1. The van der Waals surface area contributed by atoms with E-state index in [-0.39, 0.29) is 29.6 Å². The molecule has 3 fully saturated rings. The van der Waals surface area contributed by atoms with Crippen LogP contribution in [0.5, 0.6) is 5.75 Å². The van der Waals surface area contributed by atoms with E-state index in [0.29, 0.717) is 50.5 Å². The summed E-state index contributed by atoms with van der Waals surface area (Å²) in [4.78, 5) is 48.8. The Balaban J connectivity index is 1.53. The van der Waals surface area contributed by atoms with E-state index in [2.05, 4.69) is 13.2 Å². The zero-order valence-electron chi connectivity index (χ0n) is 25.6. The molecule has 6 atom stereocenters. The van der Waals surface area contributed by atoms with Gasteiger partial charge in [-0.15, -0.1) is 24.9 Å². The molecule has 9 heteroatoms. The van der Waals surface area contributed by atoms with Crippen LogP contribution in [0, 0.1) is 11.8 Å². The first-order valence-electron chi connectivity index (χ1n) is 15.5. The summed E-state index contributed by atoms with van der Waals surface area (Å²) in [5.41, 5.74) is 1.69. The number of ether oxygens (including phenoxy) is 1. The Hall–Kier alpha value is -3.56. The average molecular weight is 618 g/mol. The van der Waals surface area contributed by atoms with Crippen molar-refractivity contribution in [2.24, 2.45) is 11.8 Å². The molecule has 1 N–H and O–H groups in total. The number of benzene rings is 2. The number of hydrogen-bond donors (Lipinski definition) is 1. The van der Waals surface area contributed by atoms with Crippen LogP contribution in [-0.2, 0) is 20.9 Å². The topological polar surface area (TPSA) is 90.4 Å². The maximum atomic E-state index is 14.6. The van der Waals surface area contributed by atoms with Crippen LogP contribution < -0.4 is 9.64 Å². The van der Waals surface area contributed by atoms with Gasteiger partial charge in [-0.05, 0) is 56.0 Å². The molecule has 234 valence electrons. The Morgan fingerprint density at radius 1 is 1.09 bits per heavy atom. The maximum Gasteiger partial charge on any atom is 0.247 e. The minimum atomic E-state index is -0.785. The fourth-order valence-corrected chi connectivity index (χ4v) is 9.54. The van der Waals surface area contributed by atoms with Gasteiger partial charge >= 0.3 is 0 Å². The molecule has 3 heterocycles. The van der Waals surface area contributed by atoms with Crippen LogP contribution in [0.2, 0.25) is 0 Å². The molecule has 2 bridgehead atoms. The van der Waals surface area contributed by atoms with Crippen molar-refractivity contribution in [1.82, 2.24) is 9.80 Å². The number of rotatable bonds is 14. The summed E-state index contributed by atoms with van der Waals surface area (Å²) in [5.74, 6) is -1.04. The Morgan fingerprint density at radius 2 is 1.80 bits per heavy atom. The van der Waals surface area contributed by atoms with Crippen molar-refractivity contribution in [3.05, 3.63) is 85.5 Å². The Morgan fingerprint density at radius 3 is 2.41 bits per heavy atom. The van der Waals surface area contributed by atoms with E-state index in [0.717, 1.165) is 12.0 Å². The normalized spacial score (nSPS) is 25.8. The molecule has 2 aromatic carbocycles. The smallest absolute Gasteiger partial charge is 0.247 e. The molecule has 0 aliphatic carbocycles. The van der Waals surface area contributed by atoms with E-state index < -0.39 is 28.7 Å². The fraction of sp³-hybridized carbons (Fsp3) is 0.457. The van der Waals surface area contributed by atoms with Crippen molar-refractivity contribution in [2.45, 2.75) is 61.7 Å². The number of fused-ring (bicyclic) bond motifs is 1. The number of nitrogens with zero attached hydrogens (tertiary/aromatic N) is 3. The molecular weight excluding hydrogens is 574 g/mol. The molecule has 3 amide bonds. The van der Waals surface area contributed by atoms with Crippen molar-refractivity contribution in [1.29, 1.82) is 0 Å². The highest BCUT2D eigenvalue weighted by molar-refractivity contribution is 8.02. The second-order valence-corrected chi connectivity index (χ2v) is 13.3. The second-order valence-electron chi connectivity index (χ2n) is 11.7. The van der Waals surface area contributed by atoms with Crippen LogP contribution in [0.15, 0.2) is 79.9 Å². The van der Waals surface area contributed by atoms with Gasteiger partial charge in [0, 0.05) is 30.6 Å². The number of aliphatic hydroxyl groups is 1. The lowest BCUT2D eigenvalue weighted by Crippen LogP contribution is -2.57. The van der Waals surface area contributed by atoms with Gasteiger partial charge in [0.05, 0.1) is 35.8 Å². The Kier molecular flexibility index (Phi) is 9.85. The predicted molar refractivity (Wildman–Crippen MR) is 174 cm³/mol. The average Bonchev–Trinajstić information content (AvgIpc) is 3.68. The lowest BCUT2D eigenvalue weighted by atomic mass is 9.70. The minimum Gasteiger partial charge on any atom is -0.494 e. The third-order valence-corrected chi connectivity index (χ3v) is 11.2. The maximum absolute atomic E-state index is 14.6. The van der Waals surface area contributed by atoms with Gasteiger partial charge in [-0.2, -0.15) is 0 Å². The van der Waals surface area contributed by atoms with Crippen molar-refractivity contribution < 1.29 is 24.2 Å². The Bertz CT molecular complexity index is 1360. The molecule has 1 spiro atoms. The van der Waals surface area contributed by atoms with Crippen LogP contribution >= 0.6 is 11.8 Å². The molecule has 3 saturated heterocycles. The number of hydrogen-bond acceptors (Lipinski definition) is 6. The first-order valence-corrected chi connectivity index (χ1v) is 16.4. The molecule has 3 aliphatic heterocycles. The molecule has 8 nitrogen and oxygen atoms in total. The number of amides is 3. The minimum absolute atomic E-state index is 0.0832. The zero-order valence-corrected chi connectivity index (χ0v) is 26.5. The summed E-state index contributed by atoms with van der Waals surface area (Å²) in [7, 11) is 0. The summed E-state index contributed by atoms with van der Waals surface area (Å²) < 4.78 is 4.84. The molecule has 0 saturated carbocycles. The molecule has 44 heavy (non-hydrogen) atoms. The van der Waals surface area contributed by atoms with E-state index in [9.17, 15) is 19.5 Å². The van der Waals surface area contributed by atoms with Crippen LogP contribution in [-0.4, -0.2) is 81.0 Å². The molecule has 0 radical (unpaired) electrons. The molecule has 0 aromatic heterocycles. The molecule has 5 rings (SSSR count). The van der Waals surface area contributed by atoms with Crippen molar-refractivity contribution in [2.75, 3.05) is 31.2 Å². The van der Waals surface area contributed by atoms with E-state index >= 15 is 0 Å². The predicted octanol–water partition coefficient (Wildman–Crippen LogP) is 4.68. The van der Waals surface area contributed by atoms with Crippen molar-refractivity contribution >= 4 is 35.2 Å². The van der Waals surface area contributed by atoms with Gasteiger partial charge in [0.2, 0.25) is 17.7 Å². The summed E-state index contributed by atoms with van der Waals surface area (Å²) in [5, 5.41) is 10.3. The lowest BCUT2D eigenvalue weighted by molar-refractivity contribution is -0.146. The largest absolute Gasteiger partial charge is 0.494 e. The zero-order chi connectivity index (χ0) is 31.4. The number of anilines is 1. The van der Waals surface area contributed by atoms with E-state index in [1.165, 1.54) is 0 Å². The highest BCUT2D eigenvalue weighted by Crippen LogP contribution is 2.67. The lowest BCUT2D eigenvalue weighted by Gasteiger charge is -2.39. The van der Waals surface area contributed by atoms with Gasteiger partial charge in [-0.3, -0.25) is 14.4 Å². The van der Waals surface area contributed by atoms with Gasteiger partial charge in [0.15, 0.2) is 0 Å².